The third-order valence-corrected chi connectivity index (χ3v) is 4.89. The number of rotatable bonds is 2. The molecule has 3 aromatic rings. The maximum absolute atomic E-state index is 11.8. The summed E-state index contributed by atoms with van der Waals surface area (Å²) in [4.78, 5) is 16.5. The summed E-state index contributed by atoms with van der Waals surface area (Å²) in [6.07, 6.45) is 2.37. The molecule has 2 aromatic carbocycles. The number of thiazole rings is 1. The van der Waals surface area contributed by atoms with Crippen molar-refractivity contribution in [3.63, 3.8) is 0 Å². The van der Waals surface area contributed by atoms with Crippen LogP contribution in [0.2, 0.25) is 0 Å². The summed E-state index contributed by atoms with van der Waals surface area (Å²) in [7, 11) is 0. The van der Waals surface area contributed by atoms with Gasteiger partial charge in [0.1, 0.15) is 0 Å². The Morgan fingerprint density at radius 1 is 1.05 bits per heavy atom. The molecule has 0 spiro atoms. The molecule has 0 amide bonds. The maximum atomic E-state index is 11.8. The van der Waals surface area contributed by atoms with Crippen LogP contribution in [-0.4, -0.2) is 10.8 Å². The Kier molecular flexibility index (Phi) is 2.67. The lowest BCUT2D eigenvalue weighted by atomic mass is 10.0. The molecule has 1 aromatic heterocycles. The van der Waals surface area contributed by atoms with E-state index in [0.717, 1.165) is 28.9 Å². The third-order valence-electron chi connectivity index (χ3n) is 3.86. The summed E-state index contributed by atoms with van der Waals surface area (Å²) in [5.74, 6) is 0.283. The number of carbonyl (C=O) groups excluding carboxylic acids is 1. The molecule has 0 unspecified atom stereocenters. The van der Waals surface area contributed by atoms with Crippen LogP contribution in [0.3, 0.4) is 0 Å². The van der Waals surface area contributed by atoms with Gasteiger partial charge in [0.05, 0.1) is 15.2 Å². The zero-order valence-electron chi connectivity index (χ0n) is 10.9. The van der Waals surface area contributed by atoms with E-state index in [9.17, 15) is 4.79 Å². The number of hydrogen-bond acceptors (Lipinski definition) is 3. The van der Waals surface area contributed by atoms with Crippen molar-refractivity contribution in [3.05, 3.63) is 64.2 Å². The minimum absolute atomic E-state index is 0.283. The van der Waals surface area contributed by atoms with Gasteiger partial charge in [0.25, 0.3) is 0 Å². The van der Waals surface area contributed by atoms with Crippen LogP contribution in [0.5, 0.6) is 0 Å². The second-order valence-electron chi connectivity index (χ2n) is 5.12. The van der Waals surface area contributed by atoms with E-state index in [4.69, 9.17) is 0 Å². The summed E-state index contributed by atoms with van der Waals surface area (Å²) >= 11 is 1.74. The van der Waals surface area contributed by atoms with Crippen LogP contribution in [0.4, 0.5) is 0 Å². The van der Waals surface area contributed by atoms with Crippen LogP contribution in [0.15, 0.2) is 42.5 Å². The highest BCUT2D eigenvalue weighted by molar-refractivity contribution is 7.18. The van der Waals surface area contributed by atoms with Gasteiger partial charge < -0.3 is 0 Å². The Morgan fingerprint density at radius 3 is 2.85 bits per heavy atom. The second kappa shape index (κ2) is 4.53. The molecule has 20 heavy (non-hydrogen) atoms. The first-order chi connectivity index (χ1) is 9.81. The monoisotopic (exact) mass is 279 g/mol. The Labute approximate surface area is 121 Å². The molecule has 0 bridgehead atoms. The van der Waals surface area contributed by atoms with Crippen molar-refractivity contribution in [2.24, 2.45) is 0 Å². The number of ketones is 1. The lowest BCUT2D eigenvalue weighted by Crippen LogP contribution is -1.96. The summed E-state index contributed by atoms with van der Waals surface area (Å²) in [5.41, 5.74) is 4.48. The quantitative estimate of drug-likeness (QED) is 0.709. The Morgan fingerprint density at radius 2 is 1.95 bits per heavy atom. The van der Waals surface area contributed by atoms with Gasteiger partial charge in [-0.3, -0.25) is 4.79 Å². The zero-order valence-corrected chi connectivity index (χ0v) is 11.7. The molecule has 3 heteroatoms. The normalized spacial score (nSPS) is 13.9. The van der Waals surface area contributed by atoms with Gasteiger partial charge in [-0.15, -0.1) is 11.3 Å². The molecule has 0 atom stereocenters. The minimum atomic E-state index is 0.283. The first-order valence-electron chi connectivity index (χ1n) is 6.80. The molecule has 4 rings (SSSR count). The van der Waals surface area contributed by atoms with Crippen molar-refractivity contribution < 1.29 is 4.79 Å². The maximum Gasteiger partial charge on any atom is 0.163 e. The Balaban J connectivity index is 1.74. The predicted octanol–water partition coefficient (Wildman–Crippen LogP) is 4.02. The summed E-state index contributed by atoms with van der Waals surface area (Å²) in [6, 6.07) is 14.3. The van der Waals surface area contributed by atoms with Gasteiger partial charge in [-0.2, -0.15) is 0 Å². The number of Topliss-reactive ketones (excluding diaryl/α,β-unsaturated/α-hetero) is 1. The average Bonchev–Trinajstić information content (AvgIpc) is 3.03. The van der Waals surface area contributed by atoms with Crippen LogP contribution in [0.1, 0.15) is 32.9 Å². The second-order valence-corrected chi connectivity index (χ2v) is 6.23. The van der Waals surface area contributed by atoms with Crippen molar-refractivity contribution in [1.82, 2.24) is 4.98 Å². The van der Waals surface area contributed by atoms with Gasteiger partial charge in [-0.05, 0) is 29.7 Å². The molecule has 1 heterocycles. The van der Waals surface area contributed by atoms with Gasteiger partial charge >= 0.3 is 0 Å². The van der Waals surface area contributed by atoms with Gasteiger partial charge in [-0.1, -0.05) is 30.3 Å². The number of hydrogen-bond donors (Lipinski definition) is 0. The van der Waals surface area contributed by atoms with Gasteiger partial charge in [-0.25, -0.2) is 4.98 Å². The van der Waals surface area contributed by atoms with Crippen LogP contribution < -0.4 is 0 Å². The minimum Gasteiger partial charge on any atom is -0.294 e. The first kappa shape index (κ1) is 11.8. The molecule has 1 aliphatic rings. The Bertz CT molecular complexity index is 786. The largest absolute Gasteiger partial charge is 0.294 e. The number of fused-ring (bicyclic) bond motifs is 2. The molecule has 1 aliphatic carbocycles. The van der Waals surface area contributed by atoms with Crippen LogP contribution in [-0.2, 0) is 12.8 Å². The topological polar surface area (TPSA) is 30.0 Å². The molecule has 2 nitrogen and oxygen atoms in total. The van der Waals surface area contributed by atoms with E-state index in [-0.39, 0.29) is 5.78 Å². The molecular weight excluding hydrogens is 266 g/mol. The van der Waals surface area contributed by atoms with Gasteiger partial charge in [0.2, 0.25) is 0 Å². The molecule has 0 saturated carbocycles. The van der Waals surface area contributed by atoms with E-state index < -0.39 is 0 Å². The first-order valence-corrected chi connectivity index (χ1v) is 7.61. The molecule has 0 fully saturated rings. The average molecular weight is 279 g/mol. The lowest BCUT2D eigenvalue weighted by Gasteiger charge is -2.05. The van der Waals surface area contributed by atoms with E-state index in [1.54, 1.807) is 11.3 Å². The molecular formula is C17H13NOS. The zero-order chi connectivity index (χ0) is 13.5. The van der Waals surface area contributed by atoms with Crippen molar-refractivity contribution in [3.8, 4) is 0 Å². The molecule has 0 saturated heterocycles. The van der Waals surface area contributed by atoms with Crippen LogP contribution >= 0.6 is 11.3 Å². The standard InChI is InChI=1S/C17H13NOS/c19-15-9-8-12-11(4-3-5-13(12)15)10-17-18-14-6-1-2-7-16(14)20-17/h1-7H,8-10H2. The van der Waals surface area contributed by atoms with Crippen molar-refractivity contribution in [2.45, 2.75) is 19.3 Å². The summed E-state index contributed by atoms with van der Waals surface area (Å²) in [5, 5.41) is 1.12. The van der Waals surface area contributed by atoms with Crippen molar-refractivity contribution in [1.29, 1.82) is 0 Å². The van der Waals surface area contributed by atoms with Crippen LogP contribution in [0.25, 0.3) is 10.2 Å². The van der Waals surface area contributed by atoms with Crippen molar-refractivity contribution in [2.75, 3.05) is 0 Å². The number of benzene rings is 2. The van der Waals surface area contributed by atoms with Gasteiger partial charge in [0.15, 0.2) is 5.78 Å². The highest BCUT2D eigenvalue weighted by Crippen LogP contribution is 2.29. The van der Waals surface area contributed by atoms with E-state index in [1.165, 1.54) is 15.8 Å². The molecule has 0 N–H and O–H groups in total. The van der Waals surface area contributed by atoms with Crippen molar-refractivity contribution >= 4 is 27.3 Å². The number of para-hydroxylation sites is 1. The fraction of sp³-hybridized carbons (Fsp3) is 0.176. The van der Waals surface area contributed by atoms with Gasteiger partial charge in [0, 0.05) is 18.4 Å². The number of aromatic nitrogens is 1. The number of carbonyl (C=O) groups is 1. The smallest absolute Gasteiger partial charge is 0.163 e. The summed E-state index contributed by atoms with van der Waals surface area (Å²) in [6.45, 7) is 0. The third kappa shape index (κ3) is 1.86. The molecule has 98 valence electrons. The Hall–Kier alpha value is -2.00. The number of nitrogens with zero attached hydrogens (tertiary/aromatic N) is 1. The molecule has 0 aliphatic heterocycles. The van der Waals surface area contributed by atoms with E-state index in [1.807, 2.05) is 30.3 Å². The highest BCUT2D eigenvalue weighted by Gasteiger charge is 2.22. The highest BCUT2D eigenvalue weighted by atomic mass is 32.1. The van der Waals surface area contributed by atoms with E-state index in [2.05, 4.69) is 17.1 Å². The summed E-state index contributed by atoms with van der Waals surface area (Å²) < 4.78 is 1.23. The lowest BCUT2D eigenvalue weighted by molar-refractivity contribution is 0.0994. The fourth-order valence-electron chi connectivity index (χ4n) is 2.89. The molecule has 0 radical (unpaired) electrons. The van der Waals surface area contributed by atoms with Crippen LogP contribution in [0, 0.1) is 0 Å². The van der Waals surface area contributed by atoms with E-state index in [0.29, 0.717) is 6.42 Å². The van der Waals surface area contributed by atoms with E-state index >= 15 is 0 Å². The fourth-order valence-corrected chi connectivity index (χ4v) is 3.88. The predicted molar refractivity (Wildman–Crippen MR) is 81.5 cm³/mol. The SMILES string of the molecule is O=C1CCc2c(Cc3nc4ccccc4s3)cccc21.